The second kappa shape index (κ2) is 5.35. The fraction of sp³-hybridized carbons (Fsp3) is 0.250. The number of fused-ring (bicyclic) bond motifs is 1. The minimum absolute atomic E-state index is 0.0661. The summed E-state index contributed by atoms with van der Waals surface area (Å²) in [5.74, 6) is -0.0704. The van der Waals surface area contributed by atoms with E-state index in [-0.39, 0.29) is 17.4 Å². The monoisotopic (exact) mass is 289 g/mol. The van der Waals surface area contributed by atoms with Crippen LogP contribution in [0.5, 0.6) is 11.5 Å². The summed E-state index contributed by atoms with van der Waals surface area (Å²) in [5, 5.41) is 23.6. The number of hydrogen-bond acceptors (Lipinski definition) is 3. The number of aromatic hydroxyl groups is 2. The van der Waals surface area contributed by atoms with Crippen LogP contribution in [0.15, 0.2) is 36.4 Å². The smallest absolute Gasteiger partial charge is 0.157 e. The largest absolute Gasteiger partial charge is 0.504 e. The maximum atomic E-state index is 9.80. The van der Waals surface area contributed by atoms with Gasteiger partial charge in [-0.25, -0.2) is 0 Å². The van der Waals surface area contributed by atoms with Crippen molar-refractivity contribution in [3.63, 3.8) is 0 Å². The highest BCUT2D eigenvalue weighted by molar-refractivity contribution is 6.31. The zero-order chi connectivity index (χ0) is 14.1. The summed E-state index contributed by atoms with van der Waals surface area (Å²) in [4.78, 5) is 0. The Morgan fingerprint density at radius 1 is 1.05 bits per heavy atom. The van der Waals surface area contributed by atoms with Gasteiger partial charge in [-0.3, -0.25) is 0 Å². The lowest BCUT2D eigenvalue weighted by atomic mass is 9.87. The van der Waals surface area contributed by atoms with E-state index in [1.54, 1.807) is 12.1 Å². The fourth-order valence-corrected chi connectivity index (χ4v) is 3.06. The molecule has 0 spiro atoms. The average Bonchev–Trinajstić information content (AvgIpc) is 2.63. The van der Waals surface area contributed by atoms with Gasteiger partial charge < -0.3 is 15.5 Å². The molecule has 3 rings (SSSR count). The van der Waals surface area contributed by atoms with Crippen molar-refractivity contribution < 1.29 is 10.2 Å². The molecule has 3 nitrogen and oxygen atoms in total. The Balaban J connectivity index is 2.14. The van der Waals surface area contributed by atoms with Crippen LogP contribution in [0.3, 0.4) is 0 Å². The molecule has 0 aliphatic carbocycles. The van der Waals surface area contributed by atoms with Gasteiger partial charge in [0.2, 0.25) is 0 Å². The van der Waals surface area contributed by atoms with Gasteiger partial charge in [-0.1, -0.05) is 29.8 Å². The van der Waals surface area contributed by atoms with Gasteiger partial charge in [0.1, 0.15) is 0 Å². The van der Waals surface area contributed by atoms with Crippen LogP contribution in [0.1, 0.15) is 22.6 Å². The summed E-state index contributed by atoms with van der Waals surface area (Å²) < 4.78 is 0. The predicted molar refractivity (Wildman–Crippen MR) is 79.6 cm³/mol. The summed E-state index contributed by atoms with van der Waals surface area (Å²) in [6.07, 6.45) is 0.824. The molecule has 4 heteroatoms. The molecule has 0 radical (unpaired) electrons. The van der Waals surface area contributed by atoms with Crippen LogP contribution in [0.2, 0.25) is 5.02 Å². The van der Waals surface area contributed by atoms with Crippen LogP contribution in [-0.4, -0.2) is 23.3 Å². The number of benzene rings is 2. The van der Waals surface area contributed by atoms with Crippen LogP contribution in [-0.2, 0) is 6.42 Å². The van der Waals surface area contributed by atoms with Gasteiger partial charge in [0.25, 0.3) is 0 Å². The molecule has 1 atom stereocenters. The van der Waals surface area contributed by atoms with E-state index in [4.69, 9.17) is 11.6 Å². The van der Waals surface area contributed by atoms with Crippen molar-refractivity contribution in [1.82, 2.24) is 5.32 Å². The molecule has 2 aromatic rings. The van der Waals surface area contributed by atoms with E-state index >= 15 is 0 Å². The molecule has 1 unspecified atom stereocenters. The Labute approximate surface area is 122 Å². The molecular formula is C16H16ClNO2. The first-order valence-electron chi connectivity index (χ1n) is 6.66. The lowest BCUT2D eigenvalue weighted by molar-refractivity contribution is 0.402. The second-order valence-corrected chi connectivity index (χ2v) is 5.48. The van der Waals surface area contributed by atoms with Crippen molar-refractivity contribution in [2.75, 3.05) is 13.1 Å². The van der Waals surface area contributed by atoms with Gasteiger partial charge in [-0.05, 0) is 47.9 Å². The summed E-state index contributed by atoms with van der Waals surface area (Å²) in [6.45, 7) is 1.61. The van der Waals surface area contributed by atoms with E-state index in [1.807, 2.05) is 24.3 Å². The predicted octanol–water partition coefficient (Wildman–Crippen LogP) is 3.03. The molecule has 0 aromatic heterocycles. The highest BCUT2D eigenvalue weighted by Gasteiger charge is 2.23. The molecule has 0 saturated heterocycles. The zero-order valence-electron chi connectivity index (χ0n) is 10.9. The Bertz CT molecular complexity index is 642. The van der Waals surface area contributed by atoms with E-state index in [2.05, 4.69) is 5.32 Å². The zero-order valence-corrected chi connectivity index (χ0v) is 11.7. The molecule has 0 amide bonds. The highest BCUT2D eigenvalue weighted by Crippen LogP contribution is 2.38. The fourth-order valence-electron chi connectivity index (χ4n) is 2.79. The molecule has 1 aliphatic rings. The van der Waals surface area contributed by atoms with Crippen molar-refractivity contribution in [1.29, 1.82) is 0 Å². The lowest BCUT2D eigenvalue weighted by Crippen LogP contribution is -2.21. The standard InChI is InChI=1S/C16H16ClNO2/c17-14-4-2-1-3-11(14)13-9-18-6-5-10-7-15(19)16(20)8-12(10)13/h1-4,7-8,13,18-20H,5-6,9H2. The van der Waals surface area contributed by atoms with Crippen LogP contribution in [0.4, 0.5) is 0 Å². The third-order valence-corrected chi connectivity index (χ3v) is 4.16. The minimum Gasteiger partial charge on any atom is -0.504 e. The van der Waals surface area contributed by atoms with Crippen molar-refractivity contribution in [2.45, 2.75) is 12.3 Å². The molecule has 0 fully saturated rings. The molecule has 0 bridgehead atoms. The van der Waals surface area contributed by atoms with Gasteiger partial charge in [0.15, 0.2) is 11.5 Å². The minimum atomic E-state index is -0.0808. The first kappa shape index (κ1) is 13.3. The lowest BCUT2D eigenvalue weighted by Gasteiger charge is -2.20. The molecule has 20 heavy (non-hydrogen) atoms. The maximum absolute atomic E-state index is 9.80. The molecule has 2 aromatic carbocycles. The molecule has 3 N–H and O–H groups in total. The molecule has 104 valence electrons. The van der Waals surface area contributed by atoms with Gasteiger partial charge >= 0.3 is 0 Å². The Morgan fingerprint density at radius 2 is 1.80 bits per heavy atom. The van der Waals surface area contributed by atoms with Crippen LogP contribution < -0.4 is 5.32 Å². The number of rotatable bonds is 1. The molecule has 0 saturated carbocycles. The van der Waals surface area contributed by atoms with Crippen molar-refractivity contribution in [3.8, 4) is 11.5 Å². The first-order chi connectivity index (χ1) is 9.66. The third-order valence-electron chi connectivity index (χ3n) is 3.81. The maximum Gasteiger partial charge on any atom is 0.157 e. The van der Waals surface area contributed by atoms with Gasteiger partial charge in [0.05, 0.1) is 0 Å². The summed E-state index contributed by atoms with van der Waals surface area (Å²) in [5.41, 5.74) is 3.11. The van der Waals surface area contributed by atoms with Crippen LogP contribution in [0, 0.1) is 0 Å². The second-order valence-electron chi connectivity index (χ2n) is 5.07. The number of nitrogens with one attached hydrogen (secondary N) is 1. The highest BCUT2D eigenvalue weighted by atomic mass is 35.5. The summed E-state index contributed by atoms with van der Waals surface area (Å²) in [6, 6.07) is 11.1. The Hall–Kier alpha value is -1.71. The van der Waals surface area contributed by atoms with Gasteiger partial charge in [-0.15, -0.1) is 0 Å². The molecule has 1 aliphatic heterocycles. The van der Waals surface area contributed by atoms with E-state index in [9.17, 15) is 10.2 Å². The van der Waals surface area contributed by atoms with Crippen LogP contribution in [0.25, 0.3) is 0 Å². The van der Waals surface area contributed by atoms with E-state index < -0.39 is 0 Å². The first-order valence-corrected chi connectivity index (χ1v) is 7.04. The Kier molecular flexibility index (Phi) is 3.55. The third kappa shape index (κ3) is 2.35. The van der Waals surface area contributed by atoms with Crippen molar-refractivity contribution >= 4 is 11.6 Å². The van der Waals surface area contributed by atoms with Crippen LogP contribution >= 0.6 is 11.6 Å². The van der Waals surface area contributed by atoms with E-state index in [0.717, 1.165) is 41.2 Å². The topological polar surface area (TPSA) is 52.5 Å². The van der Waals surface area contributed by atoms with Crippen molar-refractivity contribution in [3.05, 3.63) is 58.1 Å². The number of hydrogen-bond donors (Lipinski definition) is 3. The van der Waals surface area contributed by atoms with Gasteiger partial charge in [0, 0.05) is 17.5 Å². The summed E-state index contributed by atoms with van der Waals surface area (Å²) in [7, 11) is 0. The SMILES string of the molecule is Oc1cc2c(cc1O)C(c1ccccc1Cl)CNCC2. The normalized spacial score (nSPS) is 18.4. The molecular weight excluding hydrogens is 274 g/mol. The number of phenolic OH excluding ortho intramolecular Hbond substituents is 2. The number of phenols is 2. The van der Waals surface area contributed by atoms with Gasteiger partial charge in [-0.2, -0.15) is 0 Å². The Morgan fingerprint density at radius 3 is 2.60 bits per heavy atom. The average molecular weight is 290 g/mol. The van der Waals surface area contributed by atoms with Crippen molar-refractivity contribution in [2.24, 2.45) is 0 Å². The quantitative estimate of drug-likeness (QED) is 0.707. The summed E-state index contributed by atoms with van der Waals surface area (Å²) >= 11 is 6.31. The molecule has 1 heterocycles. The number of halogens is 1. The van der Waals surface area contributed by atoms with E-state index in [0.29, 0.717) is 0 Å². The van der Waals surface area contributed by atoms with E-state index in [1.165, 1.54) is 0 Å².